The molecule has 1 saturated heterocycles. The Morgan fingerprint density at radius 3 is 3.08 bits per heavy atom. The molecule has 1 aromatic carbocycles. The van der Waals surface area contributed by atoms with Crippen LogP contribution < -0.4 is 4.74 Å². The van der Waals surface area contributed by atoms with E-state index in [1.165, 1.54) is 7.11 Å². The lowest BCUT2D eigenvalue weighted by Crippen LogP contribution is -2.48. The van der Waals surface area contributed by atoms with Gasteiger partial charge in [-0.1, -0.05) is 12.1 Å². The number of likely N-dealkylation sites (tertiary alicyclic amines) is 1. The van der Waals surface area contributed by atoms with Crippen LogP contribution in [0.5, 0.6) is 5.75 Å². The molecule has 0 N–H and O–H groups in total. The van der Waals surface area contributed by atoms with E-state index >= 15 is 0 Å². The number of halogens is 1. The first-order valence-corrected chi connectivity index (χ1v) is 7.93. The Hall–Kier alpha value is -2.41. The van der Waals surface area contributed by atoms with Crippen LogP contribution in [0.3, 0.4) is 0 Å². The molecule has 0 aliphatic carbocycles. The smallest absolute Gasteiger partial charge is 0.274 e. The van der Waals surface area contributed by atoms with Gasteiger partial charge in [0.25, 0.3) is 5.91 Å². The van der Waals surface area contributed by atoms with E-state index in [1.807, 2.05) is 28.8 Å². The summed E-state index contributed by atoms with van der Waals surface area (Å²) in [7, 11) is 1.47. The highest BCUT2D eigenvalue weighted by atomic mass is 19.1. The lowest BCUT2D eigenvalue weighted by atomic mass is 10.1. The summed E-state index contributed by atoms with van der Waals surface area (Å²) < 4.78 is 26.5. The number of fused-ring (bicyclic) bond motifs is 3. The van der Waals surface area contributed by atoms with Gasteiger partial charge in [0.15, 0.2) is 5.69 Å². The zero-order chi connectivity index (χ0) is 16.7. The Kier molecular flexibility index (Phi) is 3.72. The number of para-hydroxylation sites is 2. The number of carbonyl (C=O) groups excluding carboxylic acids is 1. The highest BCUT2D eigenvalue weighted by molar-refractivity contribution is 5.94. The molecule has 3 heterocycles. The number of piperidine rings is 1. The Morgan fingerprint density at radius 2 is 2.25 bits per heavy atom. The summed E-state index contributed by atoms with van der Waals surface area (Å²) in [6.45, 7) is 0.884. The van der Waals surface area contributed by atoms with Crippen LogP contribution in [0.25, 0.3) is 5.69 Å². The fourth-order valence-corrected chi connectivity index (χ4v) is 3.27. The molecule has 7 heteroatoms. The van der Waals surface area contributed by atoms with Crippen LogP contribution in [0.1, 0.15) is 22.6 Å². The van der Waals surface area contributed by atoms with E-state index in [0.29, 0.717) is 12.2 Å². The Balaban J connectivity index is 1.63. The molecule has 1 aromatic heterocycles. The molecule has 126 valence electrons. The normalized spacial score (nSPS) is 22.5. The average Bonchev–Trinajstić information content (AvgIpc) is 3.06. The third-order valence-corrected chi connectivity index (χ3v) is 4.63. The van der Waals surface area contributed by atoms with Crippen molar-refractivity contribution >= 4 is 5.91 Å². The van der Waals surface area contributed by atoms with Gasteiger partial charge in [-0.2, -0.15) is 0 Å². The van der Waals surface area contributed by atoms with Crippen molar-refractivity contribution in [2.24, 2.45) is 0 Å². The van der Waals surface area contributed by atoms with Gasteiger partial charge in [0.05, 0.1) is 17.9 Å². The number of nitrogens with zero attached hydrogens (tertiary/aromatic N) is 3. The zero-order valence-electron chi connectivity index (χ0n) is 13.3. The summed E-state index contributed by atoms with van der Waals surface area (Å²) >= 11 is 0. The molecule has 1 amide bonds. The minimum absolute atomic E-state index is 0.208. The predicted octanol–water partition coefficient (Wildman–Crippen LogP) is 1.96. The summed E-state index contributed by atoms with van der Waals surface area (Å²) in [5.41, 5.74) is 1.94. The molecule has 2 aliphatic heterocycles. The largest absolute Gasteiger partial charge is 0.485 e. The summed E-state index contributed by atoms with van der Waals surface area (Å²) in [6.07, 6.45) is 0.294. The number of methoxy groups -OCH3 is 1. The molecule has 2 atom stereocenters. The lowest BCUT2D eigenvalue weighted by molar-refractivity contribution is -0.0201. The summed E-state index contributed by atoms with van der Waals surface area (Å²) in [4.78, 5) is 18.7. The fraction of sp³-hybridized carbons (Fsp3) is 0.412. The van der Waals surface area contributed by atoms with E-state index < -0.39 is 12.3 Å². The van der Waals surface area contributed by atoms with E-state index in [1.54, 1.807) is 11.2 Å². The molecular formula is C17H18FN3O3. The number of amides is 1. The van der Waals surface area contributed by atoms with Crippen molar-refractivity contribution in [1.82, 2.24) is 14.5 Å². The molecule has 1 fully saturated rings. The van der Waals surface area contributed by atoms with Gasteiger partial charge < -0.3 is 14.4 Å². The maximum absolute atomic E-state index is 13.8. The molecule has 0 unspecified atom stereocenters. The third kappa shape index (κ3) is 2.36. The number of imidazole rings is 1. The molecule has 0 radical (unpaired) electrons. The number of benzene rings is 1. The highest BCUT2D eigenvalue weighted by Crippen LogP contribution is 2.31. The quantitative estimate of drug-likeness (QED) is 0.844. The summed E-state index contributed by atoms with van der Waals surface area (Å²) in [5.74, 6) is 0.555. The molecule has 2 aliphatic rings. The lowest BCUT2D eigenvalue weighted by Gasteiger charge is -2.34. The number of ether oxygens (including phenoxy) is 2. The van der Waals surface area contributed by atoms with Gasteiger partial charge in [-0.25, -0.2) is 9.37 Å². The second-order valence-electron chi connectivity index (χ2n) is 6.00. The van der Waals surface area contributed by atoms with Crippen LogP contribution >= 0.6 is 0 Å². The van der Waals surface area contributed by atoms with Crippen molar-refractivity contribution in [2.75, 3.05) is 20.2 Å². The zero-order valence-corrected chi connectivity index (χ0v) is 13.3. The average molecular weight is 331 g/mol. The number of aromatic nitrogens is 2. The number of alkyl halides is 1. The first kappa shape index (κ1) is 15.1. The van der Waals surface area contributed by atoms with E-state index in [2.05, 4.69) is 4.98 Å². The maximum atomic E-state index is 13.8. The number of rotatable bonds is 2. The molecular weight excluding hydrogens is 313 g/mol. The Labute approximate surface area is 138 Å². The number of carbonyl (C=O) groups is 1. The molecule has 4 rings (SSSR count). The molecule has 6 nitrogen and oxygen atoms in total. The molecule has 0 bridgehead atoms. The molecule has 2 aromatic rings. The van der Waals surface area contributed by atoms with Crippen LogP contribution in [0, 0.1) is 0 Å². The van der Waals surface area contributed by atoms with Crippen LogP contribution in [-0.2, 0) is 11.3 Å². The second kappa shape index (κ2) is 5.90. The van der Waals surface area contributed by atoms with E-state index in [-0.39, 0.29) is 25.5 Å². The van der Waals surface area contributed by atoms with E-state index in [0.717, 1.165) is 17.1 Å². The van der Waals surface area contributed by atoms with Gasteiger partial charge in [0, 0.05) is 13.7 Å². The maximum Gasteiger partial charge on any atom is 0.274 e. The summed E-state index contributed by atoms with van der Waals surface area (Å²) in [5, 5.41) is 0. The van der Waals surface area contributed by atoms with Crippen LogP contribution in [0.2, 0.25) is 0 Å². The van der Waals surface area contributed by atoms with Crippen molar-refractivity contribution in [1.29, 1.82) is 0 Å². The number of hydrogen-bond donors (Lipinski definition) is 0. The SMILES string of the molecule is CO[C@@H]1CN(C(=O)c2ncn3c2COc2ccccc2-3)CC[C@H]1F. The standard InChI is InChI=1S/C17H18FN3O3/c1-23-15-8-20(7-6-11(15)18)17(22)16-13-9-24-14-5-3-2-4-12(14)21(13)10-19-16/h2-5,10-11,15H,6-9H2,1H3/t11-,15-/m1/s1. The van der Waals surface area contributed by atoms with Crippen LogP contribution in [0.4, 0.5) is 4.39 Å². The van der Waals surface area contributed by atoms with Crippen molar-refractivity contribution in [2.45, 2.75) is 25.3 Å². The minimum Gasteiger partial charge on any atom is -0.485 e. The van der Waals surface area contributed by atoms with Crippen LogP contribution in [-0.4, -0.2) is 52.8 Å². The van der Waals surface area contributed by atoms with Gasteiger partial charge in [0.1, 0.15) is 31.0 Å². The molecule has 0 spiro atoms. The Bertz CT molecular complexity index is 776. The minimum atomic E-state index is -1.04. The van der Waals surface area contributed by atoms with E-state index in [9.17, 15) is 9.18 Å². The van der Waals surface area contributed by atoms with Crippen molar-refractivity contribution in [3.05, 3.63) is 42.0 Å². The van der Waals surface area contributed by atoms with Gasteiger partial charge in [-0.15, -0.1) is 0 Å². The van der Waals surface area contributed by atoms with Crippen molar-refractivity contribution < 1.29 is 18.7 Å². The number of hydrogen-bond acceptors (Lipinski definition) is 4. The first-order valence-electron chi connectivity index (χ1n) is 7.93. The van der Waals surface area contributed by atoms with Gasteiger partial charge >= 0.3 is 0 Å². The van der Waals surface area contributed by atoms with Crippen molar-refractivity contribution in [3.8, 4) is 11.4 Å². The van der Waals surface area contributed by atoms with E-state index in [4.69, 9.17) is 9.47 Å². The predicted molar refractivity (Wildman–Crippen MR) is 84.1 cm³/mol. The first-order chi connectivity index (χ1) is 11.7. The molecule has 0 saturated carbocycles. The molecule has 24 heavy (non-hydrogen) atoms. The summed E-state index contributed by atoms with van der Waals surface area (Å²) in [6, 6.07) is 7.62. The Morgan fingerprint density at radius 1 is 1.42 bits per heavy atom. The topological polar surface area (TPSA) is 56.6 Å². The fourth-order valence-electron chi connectivity index (χ4n) is 3.27. The highest BCUT2D eigenvalue weighted by Gasteiger charge is 2.34. The van der Waals surface area contributed by atoms with Gasteiger partial charge in [-0.3, -0.25) is 9.36 Å². The van der Waals surface area contributed by atoms with Gasteiger partial charge in [0.2, 0.25) is 0 Å². The van der Waals surface area contributed by atoms with Crippen LogP contribution in [0.15, 0.2) is 30.6 Å². The van der Waals surface area contributed by atoms with Crippen molar-refractivity contribution in [3.63, 3.8) is 0 Å². The van der Waals surface area contributed by atoms with Gasteiger partial charge in [-0.05, 0) is 18.6 Å². The monoisotopic (exact) mass is 331 g/mol. The third-order valence-electron chi connectivity index (χ3n) is 4.63. The second-order valence-corrected chi connectivity index (χ2v) is 6.00.